The van der Waals surface area contributed by atoms with Gasteiger partial charge in [0.15, 0.2) is 0 Å². The predicted octanol–water partition coefficient (Wildman–Crippen LogP) is 3.59. The summed E-state index contributed by atoms with van der Waals surface area (Å²) in [6, 6.07) is 30.8. The van der Waals surface area contributed by atoms with Gasteiger partial charge in [-0.3, -0.25) is 0 Å². The van der Waals surface area contributed by atoms with Gasteiger partial charge in [-0.15, -0.1) is 22.3 Å². The fourth-order valence-corrected chi connectivity index (χ4v) is 2.25. The van der Waals surface area contributed by atoms with Gasteiger partial charge in [0.1, 0.15) is 0 Å². The van der Waals surface area contributed by atoms with Crippen molar-refractivity contribution in [2.45, 2.75) is 26.4 Å². The molecule has 4 N–H and O–H groups in total. The molecule has 30 heavy (non-hydrogen) atoms. The molecule has 0 bridgehead atoms. The molecule has 0 unspecified atom stereocenters. The fourth-order valence-electron chi connectivity index (χ4n) is 2.25. The van der Waals surface area contributed by atoms with Crippen LogP contribution in [-0.4, -0.2) is 20.4 Å². The van der Waals surface area contributed by atoms with Crippen LogP contribution in [0.2, 0.25) is 0 Å². The van der Waals surface area contributed by atoms with Gasteiger partial charge >= 0.3 is 34.1 Å². The van der Waals surface area contributed by atoms with E-state index in [4.69, 9.17) is 20.4 Å². The number of rotatable bonds is 4. The summed E-state index contributed by atoms with van der Waals surface area (Å²) in [5.41, 5.74) is 3.27. The van der Waals surface area contributed by atoms with Gasteiger partial charge in [-0.05, 0) is 0 Å². The van der Waals surface area contributed by atoms with Crippen molar-refractivity contribution in [1.82, 2.24) is 0 Å². The average Bonchev–Trinajstić information content (AvgIpc) is 3.57. The number of aliphatic hydroxyl groups is 4. The number of hydrogen-bond acceptors (Lipinski definition) is 4. The Labute approximate surface area is 199 Å². The molecule has 0 aliphatic rings. The van der Waals surface area contributed by atoms with Crippen molar-refractivity contribution in [3.63, 3.8) is 0 Å². The van der Waals surface area contributed by atoms with Gasteiger partial charge in [0.25, 0.3) is 0 Å². The van der Waals surface area contributed by atoms with Crippen molar-refractivity contribution in [3.8, 4) is 0 Å². The molecule has 4 aromatic carbocycles. The van der Waals surface area contributed by atoms with Crippen LogP contribution < -0.4 is 0 Å². The van der Waals surface area contributed by atoms with Crippen molar-refractivity contribution in [3.05, 3.63) is 119 Å². The van der Waals surface area contributed by atoms with E-state index in [9.17, 15) is 0 Å². The zero-order chi connectivity index (χ0) is 20.5. The number of hydrogen-bond donors (Lipinski definition) is 4. The van der Waals surface area contributed by atoms with Crippen molar-refractivity contribution in [1.29, 1.82) is 0 Å². The largest absolute Gasteiger partial charge is 2.00 e. The average molecular weight is 492 g/mol. The molecule has 0 heterocycles. The minimum absolute atomic E-state index is 0. The first-order valence-electron chi connectivity index (χ1n) is 9.00. The smallest absolute Gasteiger partial charge is 0.404 e. The van der Waals surface area contributed by atoms with Crippen molar-refractivity contribution in [2.24, 2.45) is 0 Å². The third-order valence-corrected chi connectivity index (χ3v) is 3.81. The Morgan fingerprint density at radius 2 is 0.900 bits per heavy atom. The van der Waals surface area contributed by atoms with E-state index in [0.717, 1.165) is 22.3 Å². The first-order valence-corrected chi connectivity index (χ1v) is 9.00. The molecule has 0 amide bonds. The zero-order valence-electron chi connectivity index (χ0n) is 16.6. The Morgan fingerprint density at radius 1 is 0.567 bits per heavy atom. The van der Waals surface area contributed by atoms with Crippen molar-refractivity contribution < 1.29 is 54.6 Å². The van der Waals surface area contributed by atoms with Gasteiger partial charge in [0.05, 0.1) is 0 Å². The molecule has 0 spiro atoms. The summed E-state index contributed by atoms with van der Waals surface area (Å²) >= 11 is 0. The van der Waals surface area contributed by atoms with E-state index in [1.807, 2.05) is 72.8 Å². The molecular formula is C24H28Fe2O4. The van der Waals surface area contributed by atoms with Gasteiger partial charge in [-0.2, -0.15) is 48.5 Å². The standard InChI is InChI=1S/2C7H9O2.2C5H5.2Fe/c2*8-4-6-2-1-3-7(6)5-9;2*1-2-4-5-3-1;;/h2*1-3,8-9H,4-5H2;2*1-5H;;/q4*-1;2*+2. The van der Waals surface area contributed by atoms with Crippen LogP contribution in [0.1, 0.15) is 22.3 Å². The van der Waals surface area contributed by atoms with Crippen molar-refractivity contribution >= 4 is 0 Å². The maximum Gasteiger partial charge on any atom is 2.00 e. The van der Waals surface area contributed by atoms with Crippen LogP contribution >= 0.6 is 0 Å². The maximum atomic E-state index is 8.63. The van der Waals surface area contributed by atoms with E-state index in [1.54, 1.807) is 24.3 Å². The molecule has 0 saturated carbocycles. The Kier molecular flexibility index (Phi) is 20.9. The summed E-state index contributed by atoms with van der Waals surface area (Å²) in [5.74, 6) is 0. The van der Waals surface area contributed by atoms with E-state index in [0.29, 0.717) is 0 Å². The van der Waals surface area contributed by atoms with E-state index < -0.39 is 0 Å². The molecule has 0 aliphatic carbocycles. The Balaban J connectivity index is 0. The molecule has 0 aromatic heterocycles. The Bertz CT molecular complexity index is 647. The molecule has 4 rings (SSSR count). The van der Waals surface area contributed by atoms with Crippen LogP contribution in [0.3, 0.4) is 0 Å². The Morgan fingerprint density at radius 3 is 1.07 bits per heavy atom. The second-order valence-corrected chi connectivity index (χ2v) is 5.71. The van der Waals surface area contributed by atoms with Gasteiger partial charge in [-0.25, -0.2) is 48.5 Å². The molecule has 164 valence electrons. The molecular weight excluding hydrogens is 464 g/mol. The fraction of sp³-hybridized carbons (Fsp3) is 0.167. The van der Waals surface area contributed by atoms with Crippen LogP contribution in [0.4, 0.5) is 0 Å². The summed E-state index contributed by atoms with van der Waals surface area (Å²) < 4.78 is 0. The summed E-state index contributed by atoms with van der Waals surface area (Å²) in [7, 11) is 0. The van der Waals surface area contributed by atoms with Gasteiger partial charge in [-0.1, -0.05) is 0 Å². The van der Waals surface area contributed by atoms with E-state index in [-0.39, 0.29) is 60.6 Å². The summed E-state index contributed by atoms with van der Waals surface area (Å²) in [6.07, 6.45) is 0. The quantitative estimate of drug-likeness (QED) is 0.260. The van der Waals surface area contributed by atoms with E-state index in [2.05, 4.69) is 0 Å². The van der Waals surface area contributed by atoms with Crippen LogP contribution in [0, 0.1) is 0 Å². The first-order chi connectivity index (χ1) is 13.8. The van der Waals surface area contributed by atoms with Gasteiger partial charge in [0.2, 0.25) is 0 Å². The second-order valence-electron chi connectivity index (χ2n) is 5.71. The molecule has 0 radical (unpaired) electrons. The minimum Gasteiger partial charge on any atom is -0.404 e. The van der Waals surface area contributed by atoms with E-state index in [1.165, 1.54) is 0 Å². The van der Waals surface area contributed by atoms with Crippen LogP contribution in [0.5, 0.6) is 0 Å². The normalized spacial score (nSPS) is 8.67. The molecule has 4 nitrogen and oxygen atoms in total. The minimum atomic E-state index is 0. The SMILES string of the molecule is OCc1ccc[c-]1CO.OCc1ccc[c-]1CO.[Fe+2].[Fe+2].c1cc[cH-]c1.c1cc[cH-]c1. The molecule has 4 aromatic rings. The summed E-state index contributed by atoms with van der Waals surface area (Å²) in [4.78, 5) is 0. The predicted molar refractivity (Wildman–Crippen MR) is 112 cm³/mol. The monoisotopic (exact) mass is 492 g/mol. The van der Waals surface area contributed by atoms with Crippen molar-refractivity contribution in [2.75, 3.05) is 0 Å². The first kappa shape index (κ1) is 30.5. The summed E-state index contributed by atoms with van der Waals surface area (Å²) in [5, 5.41) is 34.5. The zero-order valence-corrected chi connectivity index (χ0v) is 18.8. The molecule has 6 heteroatoms. The maximum absolute atomic E-state index is 8.63. The second kappa shape index (κ2) is 20.5. The van der Waals surface area contributed by atoms with Gasteiger partial charge < -0.3 is 20.4 Å². The molecule has 0 atom stereocenters. The van der Waals surface area contributed by atoms with Crippen LogP contribution in [0.15, 0.2) is 97.1 Å². The topological polar surface area (TPSA) is 80.9 Å². The Hall–Kier alpha value is -1.72. The molecule has 0 fully saturated rings. The third-order valence-electron chi connectivity index (χ3n) is 3.81. The van der Waals surface area contributed by atoms with Gasteiger partial charge in [0, 0.05) is 26.4 Å². The van der Waals surface area contributed by atoms with Crippen LogP contribution in [0.25, 0.3) is 0 Å². The summed E-state index contributed by atoms with van der Waals surface area (Å²) in [6.45, 7) is 0.0670. The third kappa shape index (κ3) is 12.8. The molecule has 0 aliphatic heterocycles. The number of aliphatic hydroxyl groups excluding tert-OH is 4. The van der Waals surface area contributed by atoms with E-state index >= 15 is 0 Å². The molecule has 0 saturated heterocycles. The van der Waals surface area contributed by atoms with Crippen LogP contribution in [-0.2, 0) is 60.6 Å².